The Balaban J connectivity index is 1.48. The van der Waals surface area contributed by atoms with Gasteiger partial charge in [-0.15, -0.1) is 0 Å². The molecule has 2 saturated heterocycles. The summed E-state index contributed by atoms with van der Waals surface area (Å²) < 4.78 is 28.0. The van der Waals surface area contributed by atoms with E-state index in [1.165, 1.54) is 0 Å². The van der Waals surface area contributed by atoms with Gasteiger partial charge in [0.15, 0.2) is 12.1 Å². The van der Waals surface area contributed by atoms with E-state index >= 15 is 0 Å². The highest BCUT2D eigenvalue weighted by Crippen LogP contribution is 2.37. The van der Waals surface area contributed by atoms with E-state index in [1.807, 2.05) is 0 Å². The quantitative estimate of drug-likeness (QED) is 0.164. The van der Waals surface area contributed by atoms with Crippen molar-refractivity contribution in [3.05, 3.63) is 52.7 Å². The van der Waals surface area contributed by atoms with Crippen LogP contribution in [0.3, 0.4) is 0 Å². The topological polar surface area (TPSA) is 229 Å². The van der Waals surface area contributed by atoms with Gasteiger partial charge in [0.2, 0.25) is 17.5 Å². The van der Waals surface area contributed by atoms with Crippen LogP contribution in [-0.4, -0.2) is 109 Å². The molecule has 1 aromatic heterocycles. The van der Waals surface area contributed by atoms with Crippen LogP contribution in [0.15, 0.2) is 51.7 Å². The molecule has 0 aliphatic carbocycles. The van der Waals surface area contributed by atoms with Crippen LogP contribution in [0.5, 0.6) is 17.2 Å². The van der Waals surface area contributed by atoms with Gasteiger partial charge in [0.25, 0.3) is 0 Å². The molecule has 14 heteroatoms. The number of hydrogen-bond acceptors (Lipinski definition) is 14. The minimum absolute atomic E-state index is 0.140. The van der Waals surface area contributed by atoms with Crippen molar-refractivity contribution in [1.29, 1.82) is 0 Å². The second kappa shape index (κ2) is 11.3. The average molecular weight is 564 g/mol. The van der Waals surface area contributed by atoms with Crippen LogP contribution in [-0.2, 0) is 14.2 Å². The van der Waals surface area contributed by atoms with E-state index in [-0.39, 0.29) is 22.5 Å². The monoisotopic (exact) mass is 564 g/mol. The molecule has 14 nitrogen and oxygen atoms in total. The Labute approximate surface area is 225 Å². The number of aliphatic hydroxyl groups excluding tert-OH is 6. The molecule has 0 spiro atoms. The highest BCUT2D eigenvalue weighted by Gasteiger charge is 2.51. The maximum atomic E-state index is 13.5. The van der Waals surface area contributed by atoms with Gasteiger partial charge in [-0.1, -0.05) is 30.3 Å². The number of aliphatic hydroxyl groups is 6. The normalized spacial score (nSPS) is 32.4. The molecule has 2 aliphatic heterocycles. The first-order valence-corrected chi connectivity index (χ1v) is 12.3. The van der Waals surface area contributed by atoms with Gasteiger partial charge in [-0.3, -0.25) is 4.79 Å². The molecule has 0 radical (unpaired) electrons. The second-order valence-corrected chi connectivity index (χ2v) is 9.43. The SMILES string of the molecule is O=c1c(O[C@H]2O[C@@H](CO)[C@H](O[C@H]3O[C@H](CO)[C@H](O)[C@H]3O)[C@@H](O)[C@@H]2O)c(-c2ccccc2)oc2cc(O)cc(O)c12. The lowest BCUT2D eigenvalue weighted by Crippen LogP contribution is -2.62. The molecule has 3 heterocycles. The van der Waals surface area contributed by atoms with Crippen molar-refractivity contribution >= 4 is 11.0 Å². The van der Waals surface area contributed by atoms with Crippen molar-refractivity contribution in [3.63, 3.8) is 0 Å². The third-order valence-electron chi connectivity index (χ3n) is 6.80. The average Bonchev–Trinajstić information content (AvgIpc) is 3.21. The fourth-order valence-electron chi connectivity index (χ4n) is 4.72. The maximum Gasteiger partial charge on any atom is 0.239 e. The zero-order valence-corrected chi connectivity index (χ0v) is 20.7. The van der Waals surface area contributed by atoms with Gasteiger partial charge in [-0.2, -0.15) is 0 Å². The molecule has 0 saturated carbocycles. The number of phenolic OH excluding ortho intramolecular Hbond substituents is 2. The highest BCUT2D eigenvalue weighted by molar-refractivity contribution is 5.88. The van der Waals surface area contributed by atoms with E-state index in [0.29, 0.717) is 5.56 Å². The molecular weight excluding hydrogens is 536 g/mol. The zero-order valence-electron chi connectivity index (χ0n) is 20.7. The minimum atomic E-state index is -1.89. The largest absolute Gasteiger partial charge is 0.508 e. The van der Waals surface area contributed by atoms with Crippen LogP contribution < -0.4 is 10.2 Å². The number of phenols is 2. The summed E-state index contributed by atoms with van der Waals surface area (Å²) in [7, 11) is 0. The van der Waals surface area contributed by atoms with Crippen LogP contribution in [0.2, 0.25) is 0 Å². The Bertz CT molecular complexity index is 1390. The summed E-state index contributed by atoms with van der Waals surface area (Å²) in [5, 5.41) is 81.0. The number of ether oxygens (including phenoxy) is 4. The maximum absolute atomic E-state index is 13.5. The molecule has 2 aliphatic rings. The summed E-state index contributed by atoms with van der Waals surface area (Å²) in [5.74, 6) is -1.60. The van der Waals surface area contributed by atoms with Gasteiger partial charge in [0, 0.05) is 17.7 Å². The molecule has 0 unspecified atom stereocenters. The van der Waals surface area contributed by atoms with Gasteiger partial charge in [0.05, 0.1) is 13.2 Å². The van der Waals surface area contributed by atoms with Gasteiger partial charge >= 0.3 is 0 Å². The highest BCUT2D eigenvalue weighted by atomic mass is 16.7. The van der Waals surface area contributed by atoms with Crippen molar-refractivity contribution in [2.45, 2.75) is 55.3 Å². The van der Waals surface area contributed by atoms with E-state index in [9.17, 15) is 45.6 Å². The van der Waals surface area contributed by atoms with Crippen LogP contribution in [0.4, 0.5) is 0 Å². The molecule has 216 valence electrons. The van der Waals surface area contributed by atoms with Gasteiger partial charge in [-0.25, -0.2) is 0 Å². The predicted molar refractivity (Wildman–Crippen MR) is 132 cm³/mol. The van der Waals surface area contributed by atoms with Crippen molar-refractivity contribution < 1.29 is 64.2 Å². The zero-order chi connectivity index (χ0) is 28.7. The lowest BCUT2D eigenvalue weighted by atomic mass is 9.98. The fourth-order valence-corrected chi connectivity index (χ4v) is 4.72. The molecular formula is C26H28O14. The predicted octanol–water partition coefficient (Wildman–Crippen LogP) is -1.49. The lowest BCUT2D eigenvalue weighted by molar-refractivity contribution is -0.315. The molecule has 2 fully saturated rings. The van der Waals surface area contributed by atoms with E-state index < -0.39 is 85.4 Å². The Morgan fingerprint density at radius 3 is 2.10 bits per heavy atom. The number of aromatic hydroxyl groups is 2. The Morgan fingerprint density at radius 1 is 0.800 bits per heavy atom. The summed E-state index contributed by atoms with van der Waals surface area (Å²) in [6.07, 6.45) is -14.2. The van der Waals surface area contributed by atoms with Gasteiger partial charge < -0.3 is 64.2 Å². The molecule has 0 amide bonds. The first-order valence-electron chi connectivity index (χ1n) is 12.3. The molecule has 8 N–H and O–H groups in total. The minimum Gasteiger partial charge on any atom is -0.508 e. The van der Waals surface area contributed by atoms with Crippen LogP contribution in [0.25, 0.3) is 22.3 Å². The molecule has 40 heavy (non-hydrogen) atoms. The number of rotatable bonds is 7. The number of benzene rings is 2. The molecule has 5 rings (SSSR count). The standard InChI is InChI=1S/C26H28O14/c27-8-14-17(31)20(34)25(37-14)39-23-15(9-28)38-26(21(35)19(23)33)40-24-18(32)16-12(30)6-11(29)7-13(16)36-22(24)10-4-2-1-3-5-10/h1-7,14-15,17,19-21,23,25-31,33-35H,8-9H2/t14-,15+,17+,19+,20-,21+,23+,25-,26-/m1/s1. The Hall–Kier alpha value is -3.31. The smallest absolute Gasteiger partial charge is 0.239 e. The second-order valence-electron chi connectivity index (χ2n) is 9.43. The summed E-state index contributed by atoms with van der Waals surface area (Å²) in [6, 6.07) is 10.3. The van der Waals surface area contributed by atoms with Gasteiger partial charge in [0.1, 0.15) is 65.2 Å². The third kappa shape index (κ3) is 5.01. The van der Waals surface area contributed by atoms with Crippen LogP contribution in [0.1, 0.15) is 0 Å². The van der Waals surface area contributed by atoms with Crippen molar-refractivity contribution in [2.75, 3.05) is 13.2 Å². The van der Waals surface area contributed by atoms with Crippen molar-refractivity contribution in [1.82, 2.24) is 0 Å². The summed E-state index contributed by atoms with van der Waals surface area (Å²) >= 11 is 0. The first-order chi connectivity index (χ1) is 19.1. The van der Waals surface area contributed by atoms with Crippen LogP contribution >= 0.6 is 0 Å². The van der Waals surface area contributed by atoms with E-state index in [2.05, 4.69) is 0 Å². The Morgan fingerprint density at radius 2 is 1.45 bits per heavy atom. The van der Waals surface area contributed by atoms with Crippen molar-refractivity contribution in [3.8, 4) is 28.6 Å². The van der Waals surface area contributed by atoms with E-state index in [0.717, 1.165) is 12.1 Å². The molecule has 0 bridgehead atoms. The number of fused-ring (bicyclic) bond motifs is 1. The fraction of sp³-hybridized carbons (Fsp3) is 0.423. The summed E-state index contributed by atoms with van der Waals surface area (Å²) in [4.78, 5) is 13.5. The molecule has 9 atom stereocenters. The third-order valence-corrected chi connectivity index (χ3v) is 6.80. The molecule has 3 aromatic rings. The van der Waals surface area contributed by atoms with E-state index in [4.69, 9.17) is 23.4 Å². The number of hydrogen-bond donors (Lipinski definition) is 8. The van der Waals surface area contributed by atoms with Crippen LogP contribution in [0, 0.1) is 0 Å². The van der Waals surface area contributed by atoms with Gasteiger partial charge in [-0.05, 0) is 0 Å². The summed E-state index contributed by atoms with van der Waals surface area (Å²) in [5.41, 5.74) is -0.679. The Kier molecular flexibility index (Phi) is 7.96. The molecule has 2 aromatic carbocycles. The summed E-state index contributed by atoms with van der Waals surface area (Å²) in [6.45, 7) is -1.40. The van der Waals surface area contributed by atoms with Crippen molar-refractivity contribution in [2.24, 2.45) is 0 Å². The lowest BCUT2D eigenvalue weighted by Gasteiger charge is -2.42. The first kappa shape index (κ1) is 28.2. The van der Waals surface area contributed by atoms with E-state index in [1.54, 1.807) is 30.3 Å².